The van der Waals surface area contributed by atoms with Gasteiger partial charge in [-0.05, 0) is 73.8 Å². The van der Waals surface area contributed by atoms with Crippen molar-refractivity contribution in [3.05, 3.63) is 36.1 Å². The number of hydrogen-bond acceptors (Lipinski definition) is 6. The van der Waals surface area contributed by atoms with Crippen molar-refractivity contribution in [1.29, 1.82) is 0 Å². The highest BCUT2D eigenvalue weighted by molar-refractivity contribution is 5.67. The maximum atomic E-state index is 13.7. The second kappa shape index (κ2) is 9.09. The van der Waals surface area contributed by atoms with Gasteiger partial charge in [-0.3, -0.25) is 0 Å². The molecular weight excluding hydrogens is 395 g/mol. The molecule has 2 aromatic rings. The quantitative estimate of drug-likeness (QED) is 0.757. The van der Waals surface area contributed by atoms with Crippen LogP contribution in [-0.4, -0.2) is 61.1 Å². The molecule has 1 saturated carbocycles. The largest absolute Gasteiger partial charge is 0.496 e. The number of likely N-dealkylation sites (tertiary alicyclic amines) is 1. The van der Waals surface area contributed by atoms with Crippen molar-refractivity contribution in [2.75, 3.05) is 45.3 Å². The fraction of sp³-hybridized carbons (Fsp3) is 0.583. The molecule has 2 aliphatic heterocycles. The number of halogens is 1. The van der Waals surface area contributed by atoms with Gasteiger partial charge in [-0.1, -0.05) is 0 Å². The summed E-state index contributed by atoms with van der Waals surface area (Å²) in [5.74, 6) is 3.42. The number of aromatic nitrogens is 2. The van der Waals surface area contributed by atoms with Crippen LogP contribution in [0.5, 0.6) is 5.75 Å². The standard InChI is InChI=1S/C24H31FN4O2/c1-30-23-4-2-19(25)12-21(23)22-3-5-24(28-27-22)26-20-10-17-14-29(15-18(17)11-20)13-16-6-8-31-9-7-16/h2-5,12,16-18,20H,6-11,13-15H2,1H3,(H,26,28). The van der Waals surface area contributed by atoms with Gasteiger partial charge in [0.15, 0.2) is 0 Å². The lowest BCUT2D eigenvalue weighted by molar-refractivity contribution is 0.0545. The van der Waals surface area contributed by atoms with Gasteiger partial charge < -0.3 is 19.7 Å². The summed E-state index contributed by atoms with van der Waals surface area (Å²) in [6.45, 7) is 5.56. The topological polar surface area (TPSA) is 59.5 Å². The first kappa shape index (κ1) is 20.6. The average molecular weight is 427 g/mol. The first-order chi connectivity index (χ1) is 15.2. The van der Waals surface area contributed by atoms with E-state index in [1.807, 2.05) is 12.1 Å². The minimum absolute atomic E-state index is 0.317. The van der Waals surface area contributed by atoms with E-state index in [4.69, 9.17) is 9.47 Å². The van der Waals surface area contributed by atoms with Gasteiger partial charge in [-0.2, -0.15) is 0 Å². The molecule has 0 bridgehead atoms. The van der Waals surface area contributed by atoms with E-state index in [1.54, 1.807) is 13.2 Å². The zero-order chi connectivity index (χ0) is 21.2. The molecule has 0 spiro atoms. The molecular formula is C24H31FN4O2. The second-order valence-electron chi connectivity index (χ2n) is 9.26. The summed E-state index contributed by atoms with van der Waals surface area (Å²) in [4.78, 5) is 2.68. The molecule has 2 saturated heterocycles. The predicted molar refractivity (Wildman–Crippen MR) is 118 cm³/mol. The Morgan fingerprint density at radius 2 is 1.87 bits per heavy atom. The van der Waals surface area contributed by atoms with Crippen LogP contribution in [0.3, 0.4) is 0 Å². The van der Waals surface area contributed by atoms with Gasteiger partial charge in [0, 0.05) is 44.5 Å². The van der Waals surface area contributed by atoms with Gasteiger partial charge in [0.1, 0.15) is 17.4 Å². The van der Waals surface area contributed by atoms with Crippen LogP contribution < -0.4 is 10.1 Å². The first-order valence-electron chi connectivity index (χ1n) is 11.4. The molecule has 7 heteroatoms. The molecule has 0 amide bonds. The molecule has 1 N–H and O–H groups in total. The summed E-state index contributed by atoms with van der Waals surface area (Å²) in [5, 5.41) is 12.2. The third kappa shape index (κ3) is 4.67. The molecule has 6 nitrogen and oxygen atoms in total. The van der Waals surface area contributed by atoms with Crippen LogP contribution in [0.2, 0.25) is 0 Å². The first-order valence-corrected chi connectivity index (χ1v) is 11.4. The van der Waals surface area contributed by atoms with Crippen molar-refractivity contribution in [1.82, 2.24) is 15.1 Å². The number of benzene rings is 1. The summed E-state index contributed by atoms with van der Waals surface area (Å²) < 4.78 is 24.5. The molecule has 3 heterocycles. The van der Waals surface area contributed by atoms with E-state index in [0.29, 0.717) is 23.0 Å². The number of anilines is 1. The molecule has 5 rings (SSSR count). The number of hydrogen-bond donors (Lipinski definition) is 1. The number of methoxy groups -OCH3 is 1. The number of fused-ring (bicyclic) bond motifs is 1. The molecule has 1 aromatic carbocycles. The van der Waals surface area contributed by atoms with E-state index in [1.165, 1.54) is 57.5 Å². The highest BCUT2D eigenvalue weighted by Crippen LogP contribution is 2.40. The Balaban J connectivity index is 1.15. The molecule has 1 aliphatic carbocycles. The maximum Gasteiger partial charge on any atom is 0.148 e. The van der Waals surface area contributed by atoms with Gasteiger partial charge in [0.2, 0.25) is 0 Å². The zero-order valence-electron chi connectivity index (χ0n) is 18.1. The lowest BCUT2D eigenvalue weighted by Crippen LogP contribution is -2.32. The third-order valence-corrected chi connectivity index (χ3v) is 7.14. The number of nitrogens with one attached hydrogen (secondary N) is 1. The summed E-state index contributed by atoms with van der Waals surface area (Å²) in [6.07, 6.45) is 4.81. The van der Waals surface area contributed by atoms with Crippen LogP contribution >= 0.6 is 0 Å². The van der Waals surface area contributed by atoms with Crippen molar-refractivity contribution in [2.45, 2.75) is 31.7 Å². The molecule has 31 heavy (non-hydrogen) atoms. The highest BCUT2D eigenvalue weighted by atomic mass is 19.1. The van der Waals surface area contributed by atoms with Crippen molar-refractivity contribution in [3.8, 4) is 17.0 Å². The zero-order valence-corrected chi connectivity index (χ0v) is 18.1. The molecule has 3 aliphatic rings. The van der Waals surface area contributed by atoms with E-state index >= 15 is 0 Å². The summed E-state index contributed by atoms with van der Waals surface area (Å²) in [6, 6.07) is 8.68. The van der Waals surface area contributed by atoms with Gasteiger partial charge in [-0.15, -0.1) is 10.2 Å². The molecule has 3 fully saturated rings. The van der Waals surface area contributed by atoms with E-state index in [9.17, 15) is 4.39 Å². The van der Waals surface area contributed by atoms with Crippen molar-refractivity contribution in [2.24, 2.45) is 17.8 Å². The van der Waals surface area contributed by atoms with E-state index in [-0.39, 0.29) is 5.82 Å². The predicted octanol–water partition coefficient (Wildman–Crippen LogP) is 3.84. The number of nitrogens with zero attached hydrogens (tertiary/aromatic N) is 3. The van der Waals surface area contributed by atoms with Crippen molar-refractivity contribution >= 4 is 5.82 Å². The van der Waals surface area contributed by atoms with E-state index in [0.717, 1.165) is 36.8 Å². The lowest BCUT2D eigenvalue weighted by atomic mass is 10.00. The Morgan fingerprint density at radius 1 is 1.10 bits per heavy atom. The maximum absolute atomic E-state index is 13.7. The van der Waals surface area contributed by atoms with Gasteiger partial charge in [0.05, 0.1) is 12.8 Å². The van der Waals surface area contributed by atoms with Crippen LogP contribution in [0.15, 0.2) is 30.3 Å². The molecule has 0 radical (unpaired) electrons. The molecule has 2 atom stereocenters. The van der Waals surface area contributed by atoms with Crippen LogP contribution in [-0.2, 0) is 4.74 Å². The Morgan fingerprint density at radius 3 is 2.55 bits per heavy atom. The fourth-order valence-corrected chi connectivity index (χ4v) is 5.60. The van der Waals surface area contributed by atoms with Crippen LogP contribution in [0.25, 0.3) is 11.3 Å². The van der Waals surface area contributed by atoms with Gasteiger partial charge >= 0.3 is 0 Å². The monoisotopic (exact) mass is 426 g/mol. The smallest absolute Gasteiger partial charge is 0.148 e. The minimum Gasteiger partial charge on any atom is -0.496 e. The van der Waals surface area contributed by atoms with Crippen LogP contribution in [0.4, 0.5) is 10.2 Å². The molecule has 166 valence electrons. The summed E-state index contributed by atoms with van der Waals surface area (Å²) >= 11 is 0. The highest BCUT2D eigenvalue weighted by Gasteiger charge is 2.41. The number of ether oxygens (including phenoxy) is 2. The van der Waals surface area contributed by atoms with Crippen molar-refractivity contribution < 1.29 is 13.9 Å². The van der Waals surface area contributed by atoms with Gasteiger partial charge in [-0.25, -0.2) is 4.39 Å². The average Bonchev–Trinajstić information content (AvgIpc) is 3.33. The van der Waals surface area contributed by atoms with E-state index < -0.39 is 0 Å². The third-order valence-electron chi connectivity index (χ3n) is 7.14. The fourth-order valence-electron chi connectivity index (χ4n) is 5.60. The Hall–Kier alpha value is -2.25. The Labute approximate surface area is 183 Å². The van der Waals surface area contributed by atoms with Crippen LogP contribution in [0.1, 0.15) is 25.7 Å². The second-order valence-corrected chi connectivity index (χ2v) is 9.26. The molecule has 1 aromatic heterocycles. The Bertz CT molecular complexity index is 874. The SMILES string of the molecule is COc1ccc(F)cc1-c1ccc(NC2CC3CN(CC4CCOCC4)CC3C2)nn1. The van der Waals surface area contributed by atoms with Gasteiger partial charge in [0.25, 0.3) is 0 Å². The summed E-state index contributed by atoms with van der Waals surface area (Å²) in [7, 11) is 1.57. The van der Waals surface area contributed by atoms with E-state index in [2.05, 4.69) is 20.4 Å². The lowest BCUT2D eigenvalue weighted by Gasteiger charge is -2.27. The van der Waals surface area contributed by atoms with Crippen molar-refractivity contribution in [3.63, 3.8) is 0 Å². The number of rotatable bonds is 6. The normalized spacial score (nSPS) is 26.7. The minimum atomic E-state index is -0.317. The molecule has 2 unspecified atom stereocenters. The van der Waals surface area contributed by atoms with Crippen LogP contribution in [0, 0.1) is 23.6 Å². The summed E-state index contributed by atoms with van der Waals surface area (Å²) in [5.41, 5.74) is 1.22. The Kier molecular flexibility index (Phi) is 6.05.